The normalized spacial score (nSPS) is 13.1. The standard InChI is InChI=1S/C23H19N3O3/c1-28-21-13-15-5-2-3-8-19(15)25-20(21)9-11-26-14-18-16(22-24-10-12-29-22)6-4-7-17(18)23(26)27/h2-8,10,12-13H,9,11,14H2,1H3. The molecular weight excluding hydrogens is 366 g/mol. The number of oxazole rings is 1. The van der Waals surface area contributed by atoms with Gasteiger partial charge in [-0.15, -0.1) is 0 Å². The molecule has 29 heavy (non-hydrogen) atoms. The molecule has 4 aromatic rings. The Kier molecular flexibility index (Phi) is 4.24. The van der Waals surface area contributed by atoms with Crippen LogP contribution in [0.15, 0.2) is 65.4 Å². The van der Waals surface area contributed by atoms with Gasteiger partial charge in [-0.05, 0) is 29.8 Å². The fourth-order valence-electron chi connectivity index (χ4n) is 3.86. The minimum Gasteiger partial charge on any atom is -0.495 e. The number of hydrogen-bond donors (Lipinski definition) is 0. The van der Waals surface area contributed by atoms with Crippen molar-refractivity contribution >= 4 is 16.8 Å². The third-order valence-corrected chi connectivity index (χ3v) is 5.31. The van der Waals surface area contributed by atoms with Gasteiger partial charge in [0.25, 0.3) is 5.91 Å². The van der Waals surface area contributed by atoms with Crippen LogP contribution in [0.4, 0.5) is 0 Å². The van der Waals surface area contributed by atoms with E-state index in [0.29, 0.717) is 31.0 Å². The van der Waals surface area contributed by atoms with Crippen molar-refractivity contribution in [2.24, 2.45) is 0 Å². The summed E-state index contributed by atoms with van der Waals surface area (Å²) in [5.74, 6) is 1.30. The number of ether oxygens (including phenoxy) is 1. The maximum atomic E-state index is 12.9. The van der Waals surface area contributed by atoms with Gasteiger partial charge in [0, 0.05) is 36.0 Å². The molecule has 0 fully saturated rings. The van der Waals surface area contributed by atoms with E-state index >= 15 is 0 Å². The zero-order valence-corrected chi connectivity index (χ0v) is 16.0. The van der Waals surface area contributed by atoms with Crippen LogP contribution in [0.5, 0.6) is 5.75 Å². The molecule has 0 saturated heterocycles. The maximum absolute atomic E-state index is 12.9. The molecule has 0 unspecified atom stereocenters. The average molecular weight is 385 g/mol. The minimum absolute atomic E-state index is 0.0214. The summed E-state index contributed by atoms with van der Waals surface area (Å²) in [6.45, 7) is 1.09. The lowest BCUT2D eigenvalue weighted by Gasteiger charge is -2.17. The van der Waals surface area contributed by atoms with Gasteiger partial charge in [-0.25, -0.2) is 9.97 Å². The molecule has 6 heteroatoms. The number of aromatic nitrogens is 2. The fraction of sp³-hybridized carbons (Fsp3) is 0.174. The SMILES string of the molecule is COc1cc2ccccc2nc1CCN1Cc2c(cccc2-c2ncco2)C1=O. The van der Waals surface area contributed by atoms with Gasteiger partial charge in [-0.2, -0.15) is 0 Å². The van der Waals surface area contributed by atoms with Crippen molar-refractivity contribution < 1.29 is 13.9 Å². The van der Waals surface area contributed by atoms with E-state index in [4.69, 9.17) is 14.1 Å². The van der Waals surface area contributed by atoms with E-state index < -0.39 is 0 Å². The van der Waals surface area contributed by atoms with E-state index in [0.717, 1.165) is 33.5 Å². The first-order chi connectivity index (χ1) is 14.2. The molecular formula is C23H19N3O3. The van der Waals surface area contributed by atoms with Crippen molar-refractivity contribution in [2.75, 3.05) is 13.7 Å². The monoisotopic (exact) mass is 385 g/mol. The molecule has 2 aromatic heterocycles. The van der Waals surface area contributed by atoms with Gasteiger partial charge >= 0.3 is 0 Å². The lowest BCUT2D eigenvalue weighted by atomic mass is 10.0. The lowest BCUT2D eigenvalue weighted by Crippen LogP contribution is -2.26. The van der Waals surface area contributed by atoms with Crippen LogP contribution in [0.25, 0.3) is 22.4 Å². The second kappa shape index (κ2) is 7.05. The van der Waals surface area contributed by atoms with Crippen LogP contribution in [-0.2, 0) is 13.0 Å². The molecule has 0 bridgehead atoms. The summed E-state index contributed by atoms with van der Waals surface area (Å²) in [7, 11) is 1.65. The summed E-state index contributed by atoms with van der Waals surface area (Å²) in [6.07, 6.45) is 3.77. The second-order valence-electron chi connectivity index (χ2n) is 6.98. The van der Waals surface area contributed by atoms with Crippen LogP contribution in [0.3, 0.4) is 0 Å². The van der Waals surface area contributed by atoms with E-state index in [1.165, 1.54) is 0 Å². The number of fused-ring (bicyclic) bond motifs is 2. The van der Waals surface area contributed by atoms with E-state index in [-0.39, 0.29) is 5.91 Å². The predicted molar refractivity (Wildman–Crippen MR) is 109 cm³/mol. The number of hydrogen-bond acceptors (Lipinski definition) is 5. The van der Waals surface area contributed by atoms with E-state index in [1.54, 1.807) is 19.6 Å². The van der Waals surface area contributed by atoms with Gasteiger partial charge in [0.15, 0.2) is 0 Å². The molecule has 0 spiro atoms. The van der Waals surface area contributed by atoms with Crippen LogP contribution < -0.4 is 4.74 Å². The van der Waals surface area contributed by atoms with Gasteiger partial charge in [-0.1, -0.05) is 24.3 Å². The molecule has 6 nitrogen and oxygen atoms in total. The Morgan fingerprint density at radius 3 is 2.83 bits per heavy atom. The van der Waals surface area contributed by atoms with E-state index in [2.05, 4.69) is 4.98 Å². The zero-order chi connectivity index (χ0) is 19.8. The summed E-state index contributed by atoms with van der Waals surface area (Å²) >= 11 is 0. The van der Waals surface area contributed by atoms with Gasteiger partial charge < -0.3 is 14.1 Å². The smallest absolute Gasteiger partial charge is 0.254 e. The molecule has 144 valence electrons. The van der Waals surface area contributed by atoms with Crippen molar-refractivity contribution in [1.29, 1.82) is 0 Å². The minimum atomic E-state index is 0.0214. The number of nitrogens with zero attached hydrogens (tertiary/aromatic N) is 3. The molecule has 3 heterocycles. The Hall–Kier alpha value is -3.67. The van der Waals surface area contributed by atoms with Crippen LogP contribution >= 0.6 is 0 Å². The van der Waals surface area contributed by atoms with Crippen molar-refractivity contribution in [3.05, 3.63) is 77.8 Å². The number of carbonyl (C=O) groups excluding carboxylic acids is 1. The number of methoxy groups -OCH3 is 1. The Balaban J connectivity index is 1.40. The van der Waals surface area contributed by atoms with Crippen LogP contribution in [0.2, 0.25) is 0 Å². The molecule has 0 atom stereocenters. The third-order valence-electron chi connectivity index (χ3n) is 5.31. The van der Waals surface area contributed by atoms with Gasteiger partial charge in [-0.3, -0.25) is 4.79 Å². The van der Waals surface area contributed by atoms with Crippen molar-refractivity contribution in [2.45, 2.75) is 13.0 Å². The first-order valence-corrected chi connectivity index (χ1v) is 9.48. The van der Waals surface area contributed by atoms with E-state index in [9.17, 15) is 4.79 Å². The van der Waals surface area contributed by atoms with E-state index in [1.807, 2.05) is 53.4 Å². The topological polar surface area (TPSA) is 68.5 Å². The lowest BCUT2D eigenvalue weighted by molar-refractivity contribution is 0.0779. The fourth-order valence-corrected chi connectivity index (χ4v) is 3.86. The molecule has 0 saturated carbocycles. The number of amides is 1. The average Bonchev–Trinajstić information content (AvgIpc) is 3.40. The molecule has 0 N–H and O–H groups in total. The molecule has 1 aliphatic rings. The highest BCUT2D eigenvalue weighted by atomic mass is 16.5. The van der Waals surface area contributed by atoms with Gasteiger partial charge in [0.1, 0.15) is 12.0 Å². The van der Waals surface area contributed by atoms with Crippen molar-refractivity contribution in [3.8, 4) is 17.2 Å². The van der Waals surface area contributed by atoms with Gasteiger partial charge in [0.2, 0.25) is 5.89 Å². The van der Waals surface area contributed by atoms with Gasteiger partial charge in [0.05, 0.1) is 24.5 Å². The van der Waals surface area contributed by atoms with Crippen molar-refractivity contribution in [1.82, 2.24) is 14.9 Å². The number of para-hydroxylation sites is 1. The van der Waals surface area contributed by atoms with Crippen LogP contribution in [0.1, 0.15) is 21.6 Å². The molecule has 1 aliphatic heterocycles. The maximum Gasteiger partial charge on any atom is 0.254 e. The third kappa shape index (κ3) is 3.02. The first kappa shape index (κ1) is 17.4. The second-order valence-corrected chi connectivity index (χ2v) is 6.98. The Labute approximate surface area is 167 Å². The first-order valence-electron chi connectivity index (χ1n) is 9.48. The summed E-state index contributed by atoms with van der Waals surface area (Å²) in [5, 5.41) is 1.04. The predicted octanol–water partition coefficient (Wildman–Crippen LogP) is 4.10. The molecule has 0 radical (unpaired) electrons. The largest absolute Gasteiger partial charge is 0.495 e. The molecule has 0 aliphatic carbocycles. The zero-order valence-electron chi connectivity index (χ0n) is 16.0. The number of pyridine rings is 1. The summed E-state index contributed by atoms with van der Waals surface area (Å²) < 4.78 is 11.0. The van der Waals surface area contributed by atoms with Crippen LogP contribution in [0, 0.1) is 0 Å². The highest BCUT2D eigenvalue weighted by Gasteiger charge is 2.30. The highest BCUT2D eigenvalue weighted by Crippen LogP contribution is 2.32. The Bertz CT molecular complexity index is 1200. The molecule has 1 amide bonds. The summed E-state index contributed by atoms with van der Waals surface area (Å²) in [6, 6.07) is 15.6. The Morgan fingerprint density at radius 2 is 2.00 bits per heavy atom. The number of benzene rings is 2. The number of carbonyl (C=O) groups is 1. The Morgan fingerprint density at radius 1 is 1.14 bits per heavy atom. The van der Waals surface area contributed by atoms with Crippen molar-refractivity contribution in [3.63, 3.8) is 0 Å². The summed E-state index contributed by atoms with van der Waals surface area (Å²) in [5.41, 5.74) is 4.30. The highest BCUT2D eigenvalue weighted by molar-refractivity contribution is 6.00. The number of rotatable bonds is 5. The van der Waals surface area contributed by atoms with Crippen LogP contribution in [-0.4, -0.2) is 34.4 Å². The summed E-state index contributed by atoms with van der Waals surface area (Å²) in [4.78, 5) is 23.8. The quantitative estimate of drug-likeness (QED) is 0.517. The molecule has 5 rings (SSSR count). The molecule has 2 aromatic carbocycles.